The first-order valence-corrected chi connectivity index (χ1v) is 6.78. The second-order valence-electron chi connectivity index (χ2n) is 4.90. The lowest BCUT2D eigenvalue weighted by Gasteiger charge is -2.37. The van der Waals surface area contributed by atoms with E-state index in [1.807, 2.05) is 6.07 Å². The number of nitrogens with two attached hydrogens (primary N) is 1. The van der Waals surface area contributed by atoms with Crippen molar-refractivity contribution in [1.29, 1.82) is 0 Å². The summed E-state index contributed by atoms with van der Waals surface area (Å²) < 4.78 is 10.4. The van der Waals surface area contributed by atoms with E-state index in [1.54, 1.807) is 32.4 Å². The van der Waals surface area contributed by atoms with Gasteiger partial charge in [0, 0.05) is 19.2 Å². The first-order chi connectivity index (χ1) is 10.5. The van der Waals surface area contributed by atoms with E-state index in [0.29, 0.717) is 24.6 Å². The molecule has 118 valence electrons. The molecule has 0 radical (unpaired) electrons. The fourth-order valence-corrected chi connectivity index (χ4v) is 2.13. The maximum atomic E-state index is 11.8. The van der Waals surface area contributed by atoms with Crippen molar-refractivity contribution >= 4 is 18.0 Å². The number of hydrogen-bond acceptors (Lipinski definition) is 4. The second kappa shape index (κ2) is 6.84. The van der Waals surface area contributed by atoms with Gasteiger partial charge in [-0.15, -0.1) is 0 Å². The zero-order valence-electron chi connectivity index (χ0n) is 12.5. The molecule has 0 unspecified atom stereocenters. The number of urea groups is 1. The van der Waals surface area contributed by atoms with Gasteiger partial charge in [0.2, 0.25) is 5.91 Å². The molecule has 3 N–H and O–H groups in total. The standard InChI is InChI=1S/C15H19N3O4/c1-21-12-5-3-10(7-13(12)22-2)4-6-14(19)17-11-8-18(9-11)15(16)20/h3-7,11H,8-9H2,1-2H3,(H2,16,20)(H,17,19)/b6-4+. The minimum absolute atomic E-state index is 0.0462. The lowest BCUT2D eigenvalue weighted by Crippen LogP contribution is -2.62. The van der Waals surface area contributed by atoms with Crippen LogP contribution in [0, 0.1) is 0 Å². The van der Waals surface area contributed by atoms with E-state index in [-0.39, 0.29) is 11.9 Å². The van der Waals surface area contributed by atoms with E-state index in [4.69, 9.17) is 15.2 Å². The smallest absolute Gasteiger partial charge is 0.314 e. The van der Waals surface area contributed by atoms with E-state index >= 15 is 0 Å². The van der Waals surface area contributed by atoms with Gasteiger partial charge in [-0.2, -0.15) is 0 Å². The zero-order valence-corrected chi connectivity index (χ0v) is 12.5. The summed E-state index contributed by atoms with van der Waals surface area (Å²) in [4.78, 5) is 24.1. The van der Waals surface area contributed by atoms with Crippen LogP contribution < -0.4 is 20.5 Å². The average molecular weight is 305 g/mol. The minimum atomic E-state index is -0.466. The Balaban J connectivity index is 1.89. The molecule has 1 aromatic carbocycles. The zero-order chi connectivity index (χ0) is 16.1. The summed E-state index contributed by atoms with van der Waals surface area (Å²) in [6.45, 7) is 0.899. The fraction of sp³-hybridized carbons (Fsp3) is 0.333. The van der Waals surface area contributed by atoms with Crippen LogP contribution in [0.25, 0.3) is 6.08 Å². The van der Waals surface area contributed by atoms with Crippen LogP contribution in [0.15, 0.2) is 24.3 Å². The van der Waals surface area contributed by atoms with Crippen LogP contribution in [0.2, 0.25) is 0 Å². The third-order valence-electron chi connectivity index (χ3n) is 3.37. The molecule has 0 atom stereocenters. The van der Waals surface area contributed by atoms with Crippen LogP contribution in [0.4, 0.5) is 4.79 Å². The molecule has 0 bridgehead atoms. The quantitative estimate of drug-likeness (QED) is 0.779. The molecule has 1 fully saturated rings. The third kappa shape index (κ3) is 3.69. The molecule has 2 rings (SSSR count). The molecule has 3 amide bonds. The van der Waals surface area contributed by atoms with Crippen molar-refractivity contribution in [2.45, 2.75) is 6.04 Å². The maximum Gasteiger partial charge on any atom is 0.314 e. The lowest BCUT2D eigenvalue weighted by molar-refractivity contribution is -0.117. The molecule has 0 aromatic heterocycles. The molecule has 1 heterocycles. The van der Waals surface area contributed by atoms with E-state index in [1.165, 1.54) is 11.0 Å². The van der Waals surface area contributed by atoms with Gasteiger partial charge in [0.15, 0.2) is 11.5 Å². The number of rotatable bonds is 5. The van der Waals surface area contributed by atoms with Crippen molar-refractivity contribution in [2.24, 2.45) is 5.73 Å². The fourth-order valence-electron chi connectivity index (χ4n) is 2.13. The van der Waals surface area contributed by atoms with Crippen LogP contribution in [0.3, 0.4) is 0 Å². The van der Waals surface area contributed by atoms with Crippen LogP contribution in [0.1, 0.15) is 5.56 Å². The number of methoxy groups -OCH3 is 2. The largest absolute Gasteiger partial charge is 0.493 e. The number of carbonyl (C=O) groups excluding carboxylic acids is 2. The van der Waals surface area contributed by atoms with E-state index in [2.05, 4.69) is 5.32 Å². The second-order valence-corrected chi connectivity index (χ2v) is 4.90. The van der Waals surface area contributed by atoms with Crippen molar-refractivity contribution in [1.82, 2.24) is 10.2 Å². The summed E-state index contributed by atoms with van der Waals surface area (Å²) in [6.07, 6.45) is 3.12. The lowest BCUT2D eigenvalue weighted by atomic mass is 10.1. The van der Waals surface area contributed by atoms with Crippen LogP contribution >= 0.6 is 0 Å². The van der Waals surface area contributed by atoms with Crippen molar-refractivity contribution in [3.8, 4) is 11.5 Å². The van der Waals surface area contributed by atoms with Gasteiger partial charge in [0.1, 0.15) is 0 Å². The Morgan fingerprint density at radius 1 is 1.27 bits per heavy atom. The highest BCUT2D eigenvalue weighted by atomic mass is 16.5. The van der Waals surface area contributed by atoms with Gasteiger partial charge in [-0.3, -0.25) is 4.79 Å². The van der Waals surface area contributed by atoms with E-state index in [9.17, 15) is 9.59 Å². The number of primary amides is 1. The Hall–Kier alpha value is -2.70. The van der Waals surface area contributed by atoms with Gasteiger partial charge in [0.25, 0.3) is 0 Å². The molecular formula is C15H19N3O4. The number of hydrogen-bond donors (Lipinski definition) is 2. The van der Waals surface area contributed by atoms with E-state index < -0.39 is 6.03 Å². The van der Waals surface area contributed by atoms with Crippen molar-refractivity contribution in [2.75, 3.05) is 27.3 Å². The van der Waals surface area contributed by atoms with Crippen LogP contribution in [-0.2, 0) is 4.79 Å². The SMILES string of the molecule is COc1ccc(/C=C/C(=O)NC2CN(C(N)=O)C2)cc1OC. The highest BCUT2D eigenvalue weighted by Gasteiger charge is 2.29. The summed E-state index contributed by atoms with van der Waals surface area (Å²) in [5, 5.41) is 2.79. The van der Waals surface area contributed by atoms with Crippen molar-refractivity contribution < 1.29 is 19.1 Å². The molecule has 7 nitrogen and oxygen atoms in total. The summed E-state index contributed by atoms with van der Waals surface area (Å²) in [6, 6.07) is 4.86. The topological polar surface area (TPSA) is 93.9 Å². The summed E-state index contributed by atoms with van der Waals surface area (Å²) in [5.74, 6) is 1.01. The summed E-state index contributed by atoms with van der Waals surface area (Å²) >= 11 is 0. The number of likely N-dealkylation sites (tertiary alicyclic amines) is 1. The molecule has 7 heteroatoms. The molecule has 0 saturated carbocycles. The molecule has 0 spiro atoms. The molecule has 1 aliphatic rings. The summed E-state index contributed by atoms with van der Waals surface area (Å²) in [7, 11) is 3.12. The number of amides is 3. The number of ether oxygens (including phenoxy) is 2. The predicted octanol–water partition coefficient (Wildman–Crippen LogP) is 0.596. The number of benzene rings is 1. The number of nitrogens with one attached hydrogen (secondary N) is 1. The molecule has 0 aliphatic carbocycles. The van der Waals surface area contributed by atoms with Gasteiger partial charge in [-0.05, 0) is 23.8 Å². The highest BCUT2D eigenvalue weighted by Crippen LogP contribution is 2.27. The van der Waals surface area contributed by atoms with Gasteiger partial charge >= 0.3 is 6.03 Å². The van der Waals surface area contributed by atoms with Gasteiger partial charge < -0.3 is 25.4 Å². The van der Waals surface area contributed by atoms with Crippen LogP contribution in [-0.4, -0.2) is 50.2 Å². The number of carbonyl (C=O) groups is 2. The molecular weight excluding hydrogens is 286 g/mol. The Morgan fingerprint density at radius 3 is 2.55 bits per heavy atom. The molecule has 1 saturated heterocycles. The van der Waals surface area contributed by atoms with Crippen LogP contribution in [0.5, 0.6) is 11.5 Å². The average Bonchev–Trinajstić information content (AvgIpc) is 2.47. The first-order valence-electron chi connectivity index (χ1n) is 6.78. The first kappa shape index (κ1) is 15.7. The Kier molecular flexibility index (Phi) is 4.88. The third-order valence-corrected chi connectivity index (χ3v) is 3.37. The normalized spacial score (nSPS) is 14.5. The van der Waals surface area contributed by atoms with E-state index in [0.717, 1.165) is 5.56 Å². The molecule has 1 aliphatic heterocycles. The highest BCUT2D eigenvalue weighted by molar-refractivity contribution is 5.92. The molecule has 22 heavy (non-hydrogen) atoms. The Morgan fingerprint density at radius 2 is 1.95 bits per heavy atom. The van der Waals surface area contributed by atoms with Gasteiger partial charge in [0.05, 0.1) is 20.3 Å². The monoisotopic (exact) mass is 305 g/mol. The van der Waals surface area contributed by atoms with Gasteiger partial charge in [-0.25, -0.2) is 4.79 Å². The minimum Gasteiger partial charge on any atom is -0.493 e. The van der Waals surface area contributed by atoms with Gasteiger partial charge in [-0.1, -0.05) is 6.07 Å². The molecule has 1 aromatic rings. The van der Waals surface area contributed by atoms with Crippen molar-refractivity contribution in [3.63, 3.8) is 0 Å². The Labute approximate surface area is 128 Å². The number of nitrogens with zero attached hydrogens (tertiary/aromatic N) is 1. The summed E-state index contributed by atoms with van der Waals surface area (Å²) in [5.41, 5.74) is 5.93. The predicted molar refractivity (Wildman–Crippen MR) is 81.7 cm³/mol. The maximum absolute atomic E-state index is 11.8. The Bertz CT molecular complexity index is 594. The van der Waals surface area contributed by atoms with Crippen molar-refractivity contribution in [3.05, 3.63) is 29.8 Å².